The van der Waals surface area contributed by atoms with Gasteiger partial charge in [-0.1, -0.05) is 29.8 Å². The largest absolute Gasteiger partial charge is 0.490 e. The molecule has 33 heavy (non-hydrogen) atoms. The second-order valence-electron chi connectivity index (χ2n) is 7.82. The van der Waals surface area contributed by atoms with Gasteiger partial charge in [-0.05, 0) is 83.3 Å². The molecule has 0 amide bonds. The third-order valence-corrected chi connectivity index (χ3v) is 7.64. The predicted molar refractivity (Wildman–Crippen MR) is 144 cm³/mol. The van der Waals surface area contributed by atoms with E-state index in [-0.39, 0.29) is 17.6 Å². The van der Waals surface area contributed by atoms with Crippen LogP contribution in [0.5, 0.6) is 11.5 Å². The Morgan fingerprint density at radius 1 is 1.12 bits per heavy atom. The summed E-state index contributed by atoms with van der Waals surface area (Å²) >= 11 is 10.7. The molecule has 2 aromatic carbocycles. The third kappa shape index (κ3) is 5.69. The highest BCUT2D eigenvalue weighted by Gasteiger charge is 2.19. The van der Waals surface area contributed by atoms with E-state index < -0.39 is 0 Å². The van der Waals surface area contributed by atoms with Gasteiger partial charge in [-0.2, -0.15) is 9.78 Å². The van der Waals surface area contributed by atoms with Crippen molar-refractivity contribution in [2.24, 2.45) is 5.10 Å². The average Bonchev–Trinajstić information content (AvgIpc) is 2.78. The van der Waals surface area contributed by atoms with Gasteiger partial charge in [0.15, 0.2) is 11.5 Å². The smallest absolute Gasteiger partial charge is 0.282 e. The molecule has 0 radical (unpaired) electrons. The highest BCUT2D eigenvalue weighted by atomic mass is 79.9. The summed E-state index contributed by atoms with van der Waals surface area (Å²) in [4.78, 5) is 18.1. The van der Waals surface area contributed by atoms with Crippen LogP contribution in [0.25, 0.3) is 10.9 Å². The maximum Gasteiger partial charge on any atom is 0.282 e. The summed E-state index contributed by atoms with van der Waals surface area (Å²) in [7, 11) is 0. The van der Waals surface area contributed by atoms with E-state index in [0.717, 1.165) is 25.4 Å². The molecule has 0 saturated carbocycles. The molecule has 0 aliphatic rings. The van der Waals surface area contributed by atoms with Gasteiger partial charge in [0.25, 0.3) is 5.56 Å². The van der Waals surface area contributed by atoms with Crippen molar-refractivity contribution in [2.75, 3.05) is 6.61 Å². The van der Waals surface area contributed by atoms with Gasteiger partial charge in [0.05, 0.1) is 34.3 Å². The summed E-state index contributed by atoms with van der Waals surface area (Å²) in [5.74, 6) is 1.88. The van der Waals surface area contributed by atoms with Gasteiger partial charge in [0, 0.05) is 20.4 Å². The van der Waals surface area contributed by atoms with Crippen LogP contribution in [-0.2, 0) is 0 Å². The van der Waals surface area contributed by atoms with Crippen LogP contribution in [0.2, 0.25) is 0 Å². The van der Waals surface area contributed by atoms with Crippen LogP contribution < -0.4 is 15.0 Å². The molecule has 176 valence electrons. The van der Waals surface area contributed by atoms with E-state index in [0.29, 0.717) is 34.8 Å². The zero-order chi connectivity index (χ0) is 24.3. The van der Waals surface area contributed by atoms with Crippen LogP contribution in [0, 0.1) is 0 Å². The molecule has 0 bridgehead atoms. The molecule has 0 N–H and O–H groups in total. The third-order valence-electron chi connectivity index (χ3n) is 5.01. The molecule has 0 aliphatic carbocycles. The normalized spacial score (nSPS) is 12.6. The Labute approximate surface area is 218 Å². The van der Waals surface area contributed by atoms with Crippen LogP contribution in [-0.4, -0.2) is 28.6 Å². The summed E-state index contributed by atoms with van der Waals surface area (Å²) in [6.07, 6.45) is 2.44. The van der Waals surface area contributed by atoms with Gasteiger partial charge in [-0.15, -0.1) is 0 Å². The minimum atomic E-state index is -0.215. The second kappa shape index (κ2) is 11.1. The minimum Gasteiger partial charge on any atom is -0.490 e. The fourth-order valence-electron chi connectivity index (χ4n) is 3.21. The number of ether oxygens (including phenoxy) is 2. The number of halogens is 3. The Hall–Kier alpha value is -1.71. The van der Waals surface area contributed by atoms with E-state index in [2.05, 4.69) is 59.8 Å². The lowest BCUT2D eigenvalue weighted by Crippen LogP contribution is -2.23. The minimum absolute atomic E-state index is 0.0217. The molecular formula is C24H26Br3N3O3. The molecular weight excluding hydrogens is 618 g/mol. The Morgan fingerprint density at radius 2 is 1.85 bits per heavy atom. The molecule has 9 heteroatoms. The molecule has 0 fully saturated rings. The van der Waals surface area contributed by atoms with Crippen molar-refractivity contribution in [3.05, 3.63) is 59.4 Å². The number of benzene rings is 2. The van der Waals surface area contributed by atoms with Gasteiger partial charge in [-0.3, -0.25) is 4.79 Å². The highest BCUT2D eigenvalue weighted by Crippen LogP contribution is 2.43. The molecule has 1 heterocycles. The number of rotatable bonds is 8. The van der Waals surface area contributed by atoms with Crippen molar-refractivity contribution in [1.82, 2.24) is 9.66 Å². The lowest BCUT2D eigenvalue weighted by Gasteiger charge is -2.18. The Balaban J connectivity index is 2.19. The van der Waals surface area contributed by atoms with Crippen LogP contribution in [0.3, 0.4) is 0 Å². The zero-order valence-corrected chi connectivity index (χ0v) is 23.9. The van der Waals surface area contributed by atoms with Crippen LogP contribution in [0.15, 0.2) is 47.6 Å². The topological polar surface area (TPSA) is 65.7 Å². The predicted octanol–water partition coefficient (Wildman–Crippen LogP) is 7.27. The van der Waals surface area contributed by atoms with Crippen molar-refractivity contribution in [2.45, 2.75) is 53.1 Å². The van der Waals surface area contributed by atoms with E-state index in [4.69, 9.17) is 14.5 Å². The molecule has 1 aromatic heterocycles. The summed E-state index contributed by atoms with van der Waals surface area (Å²) in [5.41, 5.74) is 1.17. The number of hydrogen-bond donors (Lipinski definition) is 0. The van der Waals surface area contributed by atoms with Crippen molar-refractivity contribution in [3.8, 4) is 11.5 Å². The van der Waals surface area contributed by atoms with Gasteiger partial charge < -0.3 is 9.47 Å². The fourth-order valence-corrected chi connectivity index (χ4v) is 4.48. The second-order valence-corrected chi connectivity index (χ2v) is 10.3. The van der Waals surface area contributed by atoms with Gasteiger partial charge in [0.2, 0.25) is 0 Å². The average molecular weight is 644 g/mol. The van der Waals surface area contributed by atoms with Crippen LogP contribution in [0.1, 0.15) is 58.3 Å². The van der Waals surface area contributed by atoms with E-state index in [1.165, 1.54) is 4.68 Å². The molecule has 1 atom stereocenters. The maximum absolute atomic E-state index is 13.4. The first kappa shape index (κ1) is 25.9. The first-order chi connectivity index (χ1) is 15.7. The SMILES string of the molecule is CCOc1cc(C=Nn2c([C@@H](C)CC)nc3ccc(Br)cc3c2=O)c(Br)c(Br)c1OC(C)C. The van der Waals surface area contributed by atoms with Gasteiger partial charge >= 0.3 is 0 Å². The van der Waals surface area contributed by atoms with Crippen molar-refractivity contribution in [1.29, 1.82) is 0 Å². The van der Waals surface area contributed by atoms with Gasteiger partial charge in [0.1, 0.15) is 5.82 Å². The monoisotopic (exact) mass is 641 g/mol. The Bertz CT molecular complexity index is 1260. The Kier molecular flexibility index (Phi) is 8.75. The molecule has 0 spiro atoms. The van der Waals surface area contributed by atoms with Crippen molar-refractivity contribution >= 4 is 64.9 Å². The van der Waals surface area contributed by atoms with E-state index in [1.54, 1.807) is 12.3 Å². The lowest BCUT2D eigenvalue weighted by molar-refractivity contribution is 0.222. The Morgan fingerprint density at radius 3 is 2.48 bits per heavy atom. The summed E-state index contributed by atoms with van der Waals surface area (Å²) in [6.45, 7) is 10.4. The zero-order valence-electron chi connectivity index (χ0n) is 19.2. The standard InChI is InChI=1S/C24H26Br3N3O3/c1-6-14(5)23-29-18-9-8-16(25)11-17(18)24(31)30(23)28-12-15-10-19(32-7-2)22(33-13(3)4)21(27)20(15)26/h8-14H,6-7H2,1-5H3/t14-/m0/s1. The van der Waals surface area contributed by atoms with Crippen molar-refractivity contribution in [3.63, 3.8) is 0 Å². The van der Waals surface area contributed by atoms with Gasteiger partial charge in [-0.25, -0.2) is 4.98 Å². The van der Waals surface area contributed by atoms with Crippen LogP contribution >= 0.6 is 47.8 Å². The van der Waals surface area contributed by atoms with E-state index >= 15 is 0 Å². The van der Waals surface area contributed by atoms with E-state index in [1.807, 2.05) is 45.9 Å². The molecule has 3 aromatic rings. The molecule has 0 unspecified atom stereocenters. The highest BCUT2D eigenvalue weighted by molar-refractivity contribution is 9.13. The quantitative estimate of drug-likeness (QED) is 0.242. The number of hydrogen-bond acceptors (Lipinski definition) is 5. The van der Waals surface area contributed by atoms with Crippen LogP contribution in [0.4, 0.5) is 0 Å². The lowest BCUT2D eigenvalue weighted by atomic mass is 10.1. The number of aromatic nitrogens is 2. The first-order valence-electron chi connectivity index (χ1n) is 10.8. The number of fused-ring (bicyclic) bond motifs is 1. The molecule has 0 saturated heterocycles. The first-order valence-corrected chi connectivity index (χ1v) is 13.1. The summed E-state index contributed by atoms with van der Waals surface area (Å²) in [5, 5.41) is 5.08. The maximum atomic E-state index is 13.4. The molecule has 6 nitrogen and oxygen atoms in total. The number of nitrogens with zero attached hydrogens (tertiary/aromatic N) is 3. The van der Waals surface area contributed by atoms with E-state index in [9.17, 15) is 4.79 Å². The van der Waals surface area contributed by atoms with Crippen molar-refractivity contribution < 1.29 is 9.47 Å². The molecule has 3 rings (SSSR count). The molecule has 0 aliphatic heterocycles. The summed E-state index contributed by atoms with van der Waals surface area (Å²) in [6, 6.07) is 7.34. The fraction of sp³-hybridized carbons (Fsp3) is 0.375. The summed E-state index contributed by atoms with van der Waals surface area (Å²) < 4.78 is 15.4.